The maximum absolute atomic E-state index is 16.9. The van der Waals surface area contributed by atoms with Crippen LogP contribution in [0.1, 0.15) is 78.6 Å². The number of ketones is 1. The Morgan fingerprint density at radius 3 is 2.43 bits per heavy atom. The van der Waals surface area contributed by atoms with Crippen LogP contribution in [0, 0.1) is 34.5 Å². The third-order valence-corrected chi connectivity index (χ3v) is 9.60. The van der Waals surface area contributed by atoms with E-state index in [0.717, 1.165) is 51.4 Å². The first-order valence-corrected chi connectivity index (χ1v) is 11.2. The molecule has 2 unspecified atom stereocenters. The van der Waals surface area contributed by atoms with Crippen LogP contribution >= 0.6 is 0 Å². The fourth-order valence-corrected chi connectivity index (χ4v) is 8.08. The molecule has 5 heteroatoms. The van der Waals surface area contributed by atoms with Crippen molar-refractivity contribution in [2.45, 2.75) is 90.3 Å². The lowest BCUT2D eigenvalue weighted by Gasteiger charge is -2.64. The highest BCUT2D eigenvalue weighted by Crippen LogP contribution is 2.70. The topological polar surface area (TPSA) is 63.6 Å². The molecule has 4 rings (SSSR count). The van der Waals surface area contributed by atoms with Gasteiger partial charge in [0.25, 0.3) is 0 Å². The first-order chi connectivity index (χ1) is 13.2. The number of carbonyl (C=O) groups is 2. The van der Waals surface area contributed by atoms with Crippen molar-refractivity contribution in [3.8, 4) is 0 Å². The summed E-state index contributed by atoms with van der Waals surface area (Å²) in [6.45, 7) is 5.37. The number of fused-ring (bicyclic) bond motifs is 5. The molecular weight excluding hydrogens is 359 g/mol. The maximum Gasteiger partial charge on any atom is 0.302 e. The smallest absolute Gasteiger partial charge is 0.302 e. The quantitative estimate of drug-likeness (QED) is 0.728. The van der Waals surface area contributed by atoms with Gasteiger partial charge in [-0.3, -0.25) is 9.59 Å². The molecule has 4 aliphatic carbocycles. The van der Waals surface area contributed by atoms with E-state index < -0.39 is 12.3 Å². The van der Waals surface area contributed by atoms with Gasteiger partial charge in [0.05, 0.1) is 0 Å². The van der Waals surface area contributed by atoms with Gasteiger partial charge in [0.1, 0.15) is 18.4 Å². The molecule has 0 spiro atoms. The highest BCUT2D eigenvalue weighted by Gasteiger charge is 2.68. The minimum Gasteiger partial charge on any atom is -0.463 e. The fraction of sp³-hybridized carbons (Fsp3) is 0.913. The summed E-state index contributed by atoms with van der Waals surface area (Å²) in [6, 6.07) is 0. The van der Waals surface area contributed by atoms with E-state index in [1.54, 1.807) is 0 Å². The fourth-order valence-electron chi connectivity index (χ4n) is 8.08. The van der Waals surface area contributed by atoms with E-state index in [2.05, 4.69) is 13.8 Å². The average molecular weight is 395 g/mol. The zero-order chi connectivity index (χ0) is 20.3. The summed E-state index contributed by atoms with van der Waals surface area (Å²) in [5, 5.41) is 9.41. The van der Waals surface area contributed by atoms with Crippen LogP contribution in [0.2, 0.25) is 0 Å². The number of rotatable bonds is 3. The second-order valence-electron chi connectivity index (χ2n) is 10.5. The lowest BCUT2D eigenvalue weighted by atomic mass is 9.43. The van der Waals surface area contributed by atoms with Crippen molar-refractivity contribution < 1.29 is 23.8 Å². The molecule has 4 nitrogen and oxygen atoms in total. The van der Waals surface area contributed by atoms with Gasteiger partial charge in [0, 0.05) is 18.3 Å². The van der Waals surface area contributed by atoms with Crippen molar-refractivity contribution in [1.82, 2.24) is 0 Å². The summed E-state index contributed by atoms with van der Waals surface area (Å²) in [4.78, 5) is 23.7. The number of halogens is 1. The maximum atomic E-state index is 16.9. The van der Waals surface area contributed by atoms with Gasteiger partial charge in [-0.25, -0.2) is 4.39 Å². The van der Waals surface area contributed by atoms with Gasteiger partial charge < -0.3 is 9.84 Å². The number of Topliss-reactive ketones (excluding diaryl/α,β-unsaturated/α-hetero) is 1. The third-order valence-electron chi connectivity index (χ3n) is 9.60. The van der Waals surface area contributed by atoms with E-state index in [0.29, 0.717) is 6.42 Å². The van der Waals surface area contributed by atoms with E-state index in [9.17, 15) is 14.7 Å². The van der Waals surface area contributed by atoms with Crippen LogP contribution in [0.3, 0.4) is 0 Å². The molecule has 0 radical (unpaired) electrons. The number of aliphatic hydroxyl groups excluding tert-OH is 1. The second kappa shape index (κ2) is 6.78. The first kappa shape index (κ1) is 20.3. The van der Waals surface area contributed by atoms with E-state index in [-0.39, 0.29) is 52.4 Å². The Balaban J connectivity index is 1.59. The molecule has 158 valence electrons. The molecule has 8 atom stereocenters. The number of esters is 1. The average Bonchev–Trinajstić information content (AvgIpc) is 2.99. The molecule has 0 amide bonds. The van der Waals surface area contributed by atoms with Crippen LogP contribution in [-0.2, 0) is 14.3 Å². The SMILES string of the molecule is CC(=O)OC1CC[C@@]2(C)C(CC[C@H]3[C@@H]4CC[C@H](C(=O)CO)[C@@]4(C)CC[C@@]32F)C1. The Kier molecular flexibility index (Phi) is 4.92. The number of alkyl halides is 1. The number of hydrogen-bond acceptors (Lipinski definition) is 4. The van der Waals surface area contributed by atoms with Gasteiger partial charge in [-0.15, -0.1) is 0 Å². The van der Waals surface area contributed by atoms with Gasteiger partial charge in [0.2, 0.25) is 0 Å². The van der Waals surface area contributed by atoms with Gasteiger partial charge in [-0.05, 0) is 81.0 Å². The van der Waals surface area contributed by atoms with Gasteiger partial charge >= 0.3 is 5.97 Å². The predicted molar refractivity (Wildman–Crippen MR) is 103 cm³/mol. The van der Waals surface area contributed by atoms with Crippen molar-refractivity contribution in [3.63, 3.8) is 0 Å². The Hall–Kier alpha value is -0.970. The summed E-state index contributed by atoms with van der Waals surface area (Å²) in [5.41, 5.74) is -1.73. The van der Waals surface area contributed by atoms with Crippen LogP contribution in [0.25, 0.3) is 0 Å². The Morgan fingerprint density at radius 1 is 1.04 bits per heavy atom. The van der Waals surface area contributed by atoms with Crippen LogP contribution < -0.4 is 0 Å². The Labute approximate surface area is 167 Å². The van der Waals surface area contributed by atoms with Crippen molar-refractivity contribution >= 4 is 11.8 Å². The van der Waals surface area contributed by atoms with Crippen molar-refractivity contribution in [2.24, 2.45) is 34.5 Å². The molecule has 0 bridgehead atoms. The minimum absolute atomic E-state index is 0.00858. The highest BCUT2D eigenvalue weighted by atomic mass is 19.1. The summed E-state index contributed by atoms with van der Waals surface area (Å²) in [6.07, 6.45) is 7.03. The molecule has 1 N–H and O–H groups in total. The normalized spacial score (nSPS) is 50.2. The number of ether oxygens (including phenoxy) is 1. The Bertz CT molecular complexity index is 665. The summed E-state index contributed by atoms with van der Waals surface area (Å²) >= 11 is 0. The van der Waals surface area contributed by atoms with E-state index >= 15 is 4.39 Å². The standard InChI is InChI=1S/C23H35FO4/c1-14(26)28-16-8-9-22(3)15(12-16)4-5-18-17-6-7-19(20(27)13-25)21(17,2)10-11-23(18,22)24/h15-19,25H,4-13H2,1-3H3/t15?,16?,17-,18-,19+,21-,22-,23+/m0/s1. The monoisotopic (exact) mass is 394 g/mol. The van der Waals surface area contributed by atoms with Crippen molar-refractivity contribution in [2.75, 3.05) is 6.61 Å². The zero-order valence-electron chi connectivity index (χ0n) is 17.5. The largest absolute Gasteiger partial charge is 0.463 e. The first-order valence-electron chi connectivity index (χ1n) is 11.2. The summed E-state index contributed by atoms with van der Waals surface area (Å²) in [7, 11) is 0. The lowest BCUT2D eigenvalue weighted by molar-refractivity contribution is -0.206. The highest BCUT2D eigenvalue weighted by molar-refractivity contribution is 5.83. The molecule has 4 fully saturated rings. The molecule has 0 aliphatic heterocycles. The second-order valence-corrected chi connectivity index (χ2v) is 10.5. The number of carbonyl (C=O) groups excluding carboxylic acids is 2. The van der Waals surface area contributed by atoms with Crippen molar-refractivity contribution in [1.29, 1.82) is 0 Å². The molecular formula is C23H35FO4. The van der Waals surface area contributed by atoms with Crippen LogP contribution in [0.5, 0.6) is 0 Å². The molecule has 4 saturated carbocycles. The Morgan fingerprint density at radius 2 is 1.75 bits per heavy atom. The summed E-state index contributed by atoms with van der Waals surface area (Å²) < 4.78 is 22.4. The van der Waals surface area contributed by atoms with Gasteiger partial charge in [-0.1, -0.05) is 13.8 Å². The lowest BCUT2D eigenvalue weighted by Crippen LogP contribution is -2.63. The zero-order valence-corrected chi connectivity index (χ0v) is 17.5. The number of aliphatic hydroxyl groups is 1. The summed E-state index contributed by atoms with van der Waals surface area (Å²) in [5.74, 6) is 0.0872. The predicted octanol–water partition coefficient (Wildman–Crippen LogP) is 4.23. The minimum atomic E-state index is -1.20. The molecule has 0 aromatic carbocycles. The molecule has 4 aliphatic rings. The van der Waals surface area contributed by atoms with Gasteiger partial charge in [0.15, 0.2) is 5.78 Å². The van der Waals surface area contributed by atoms with Crippen LogP contribution in [0.4, 0.5) is 4.39 Å². The molecule has 0 saturated heterocycles. The van der Waals surface area contributed by atoms with E-state index in [1.165, 1.54) is 6.92 Å². The van der Waals surface area contributed by atoms with Crippen LogP contribution in [-0.4, -0.2) is 35.2 Å². The van der Waals surface area contributed by atoms with E-state index in [1.807, 2.05) is 0 Å². The van der Waals surface area contributed by atoms with E-state index in [4.69, 9.17) is 4.74 Å². The third kappa shape index (κ3) is 2.71. The number of hydrogen-bond donors (Lipinski definition) is 1. The van der Waals surface area contributed by atoms with Gasteiger partial charge in [-0.2, -0.15) is 0 Å². The van der Waals surface area contributed by atoms with Crippen molar-refractivity contribution in [3.05, 3.63) is 0 Å². The van der Waals surface area contributed by atoms with Crippen LogP contribution in [0.15, 0.2) is 0 Å². The molecule has 0 heterocycles. The molecule has 0 aromatic heterocycles. The molecule has 0 aromatic rings. The molecule has 28 heavy (non-hydrogen) atoms.